The van der Waals surface area contributed by atoms with Gasteiger partial charge in [-0.3, -0.25) is 0 Å². The van der Waals surface area contributed by atoms with Gasteiger partial charge in [0.2, 0.25) is 11.8 Å². The summed E-state index contributed by atoms with van der Waals surface area (Å²) < 4.78 is 5.73. The van der Waals surface area contributed by atoms with Gasteiger partial charge in [0, 0.05) is 5.56 Å². The van der Waals surface area contributed by atoms with E-state index < -0.39 is 0 Å². The Bertz CT molecular complexity index is 985. The van der Waals surface area contributed by atoms with Gasteiger partial charge < -0.3 is 4.42 Å². The molecule has 2 aromatic heterocycles. The second-order valence-corrected chi connectivity index (χ2v) is 6.22. The topological polar surface area (TPSA) is 64.7 Å². The fraction of sp³-hybridized carbons (Fsp3) is 0.111. The first-order valence-corrected chi connectivity index (χ1v) is 8.52. The molecule has 0 atom stereocenters. The number of benzene rings is 2. The molecular weight excluding hydrogens is 320 g/mol. The zero-order valence-electron chi connectivity index (χ0n) is 13.0. The maximum absolute atomic E-state index is 5.73. The lowest BCUT2D eigenvalue weighted by Crippen LogP contribution is -1.93. The largest absolute Gasteiger partial charge is 0.420 e. The monoisotopic (exact) mass is 334 g/mol. The summed E-state index contributed by atoms with van der Waals surface area (Å²) in [5.41, 5.74) is 3.62. The van der Waals surface area contributed by atoms with Gasteiger partial charge in [-0.2, -0.15) is 0 Å². The third-order valence-corrected chi connectivity index (χ3v) is 4.57. The van der Waals surface area contributed by atoms with Crippen LogP contribution in [0.3, 0.4) is 0 Å². The second-order valence-electron chi connectivity index (χ2n) is 5.26. The van der Waals surface area contributed by atoms with Crippen LogP contribution in [0.2, 0.25) is 0 Å². The zero-order valence-corrected chi connectivity index (χ0v) is 13.8. The number of aromatic nitrogens is 4. The first-order chi connectivity index (χ1) is 11.8. The summed E-state index contributed by atoms with van der Waals surface area (Å²) in [7, 11) is 0. The van der Waals surface area contributed by atoms with Gasteiger partial charge in [-0.15, -0.1) is 10.2 Å². The molecule has 5 nitrogen and oxygen atoms in total. The fourth-order valence-corrected chi connectivity index (χ4v) is 3.14. The van der Waals surface area contributed by atoms with E-state index in [0.29, 0.717) is 17.5 Å². The molecule has 0 aliphatic carbocycles. The smallest absolute Gasteiger partial charge is 0.247 e. The number of hydrogen-bond donors (Lipinski definition) is 0. The lowest BCUT2D eigenvalue weighted by molar-refractivity contribution is 0.528. The van der Waals surface area contributed by atoms with Crippen molar-refractivity contribution < 1.29 is 4.42 Å². The van der Waals surface area contributed by atoms with E-state index in [1.165, 1.54) is 0 Å². The molecule has 0 spiro atoms. The molecule has 4 aromatic rings. The molecule has 0 aliphatic heterocycles. The van der Waals surface area contributed by atoms with E-state index in [-0.39, 0.29) is 0 Å². The van der Waals surface area contributed by atoms with E-state index >= 15 is 0 Å². The quantitative estimate of drug-likeness (QED) is 0.519. The highest BCUT2D eigenvalue weighted by Gasteiger charge is 2.11. The van der Waals surface area contributed by atoms with Crippen molar-refractivity contribution in [2.24, 2.45) is 0 Å². The first-order valence-electron chi connectivity index (χ1n) is 7.53. The van der Waals surface area contributed by atoms with Crippen molar-refractivity contribution in [3.05, 3.63) is 66.2 Å². The van der Waals surface area contributed by atoms with Crippen LogP contribution < -0.4 is 0 Å². The van der Waals surface area contributed by atoms with Gasteiger partial charge in [0.1, 0.15) is 5.03 Å². The van der Waals surface area contributed by atoms with Crippen molar-refractivity contribution in [3.8, 4) is 11.5 Å². The Kier molecular flexibility index (Phi) is 3.96. The van der Waals surface area contributed by atoms with Crippen LogP contribution in [0.4, 0.5) is 0 Å². The number of rotatable bonds is 4. The molecule has 0 bridgehead atoms. The Morgan fingerprint density at radius 3 is 2.38 bits per heavy atom. The minimum atomic E-state index is 0.535. The normalized spacial score (nSPS) is 11.0. The van der Waals surface area contributed by atoms with Crippen LogP contribution in [0, 0.1) is 6.92 Å². The number of fused-ring (bicyclic) bond motifs is 1. The minimum Gasteiger partial charge on any atom is -0.420 e. The molecular formula is C18H14N4OS. The molecule has 0 fully saturated rings. The Morgan fingerprint density at radius 1 is 0.875 bits per heavy atom. The van der Waals surface area contributed by atoms with Gasteiger partial charge in [0.15, 0.2) is 0 Å². The van der Waals surface area contributed by atoms with Crippen molar-refractivity contribution in [3.63, 3.8) is 0 Å². The van der Waals surface area contributed by atoms with E-state index in [4.69, 9.17) is 4.42 Å². The molecule has 118 valence electrons. The molecule has 0 saturated heterocycles. The Balaban J connectivity index is 1.53. The molecule has 0 saturated carbocycles. The molecule has 0 unspecified atom stereocenters. The Hall–Kier alpha value is -2.73. The molecule has 2 heterocycles. The van der Waals surface area contributed by atoms with Gasteiger partial charge in [-0.1, -0.05) is 42.1 Å². The van der Waals surface area contributed by atoms with Gasteiger partial charge in [-0.25, -0.2) is 9.97 Å². The molecule has 24 heavy (non-hydrogen) atoms. The lowest BCUT2D eigenvalue weighted by atomic mass is 10.2. The average Bonchev–Trinajstić information content (AvgIpc) is 3.10. The van der Waals surface area contributed by atoms with Crippen LogP contribution in [-0.2, 0) is 5.75 Å². The highest BCUT2D eigenvalue weighted by Crippen LogP contribution is 2.26. The van der Waals surface area contributed by atoms with E-state index in [0.717, 1.165) is 27.3 Å². The molecule has 2 aromatic carbocycles. The van der Waals surface area contributed by atoms with Crippen LogP contribution in [-0.4, -0.2) is 20.2 Å². The van der Waals surface area contributed by atoms with Crippen LogP contribution >= 0.6 is 11.8 Å². The van der Waals surface area contributed by atoms with Gasteiger partial charge in [0.05, 0.1) is 22.5 Å². The Morgan fingerprint density at radius 2 is 1.58 bits per heavy atom. The van der Waals surface area contributed by atoms with E-state index in [1.54, 1.807) is 11.8 Å². The summed E-state index contributed by atoms with van der Waals surface area (Å²) in [6.45, 7) is 1.96. The van der Waals surface area contributed by atoms with Crippen molar-refractivity contribution >= 4 is 22.8 Å². The van der Waals surface area contributed by atoms with Gasteiger partial charge >= 0.3 is 0 Å². The fourth-order valence-electron chi connectivity index (χ4n) is 2.35. The highest BCUT2D eigenvalue weighted by atomic mass is 32.2. The zero-order chi connectivity index (χ0) is 16.4. The van der Waals surface area contributed by atoms with Gasteiger partial charge in [-0.05, 0) is 31.2 Å². The van der Waals surface area contributed by atoms with Gasteiger partial charge in [0.25, 0.3) is 0 Å². The molecule has 0 amide bonds. The standard InChI is InChI=1S/C18H14N4OS/c1-12-18(20-15-10-6-5-9-14(15)19-12)24-11-16-21-22-17(23-16)13-7-3-2-4-8-13/h2-10H,11H2,1H3. The van der Waals surface area contributed by atoms with E-state index in [9.17, 15) is 0 Å². The van der Waals surface area contributed by atoms with Crippen LogP contribution in [0.1, 0.15) is 11.6 Å². The van der Waals surface area contributed by atoms with Crippen molar-refractivity contribution in [2.75, 3.05) is 0 Å². The second kappa shape index (κ2) is 6.41. The third kappa shape index (κ3) is 3.00. The summed E-state index contributed by atoms with van der Waals surface area (Å²) in [5, 5.41) is 9.10. The maximum Gasteiger partial charge on any atom is 0.247 e. The summed E-state index contributed by atoms with van der Waals surface area (Å²) >= 11 is 1.55. The average molecular weight is 334 g/mol. The molecule has 0 N–H and O–H groups in total. The molecule has 0 radical (unpaired) electrons. The van der Waals surface area contributed by atoms with E-state index in [2.05, 4.69) is 20.2 Å². The number of para-hydroxylation sites is 2. The summed E-state index contributed by atoms with van der Waals surface area (Å²) in [4.78, 5) is 9.26. The molecule has 4 rings (SSSR count). The predicted octanol–water partition coefficient (Wildman–Crippen LogP) is 4.28. The summed E-state index contributed by atoms with van der Waals surface area (Å²) in [6.07, 6.45) is 0. The minimum absolute atomic E-state index is 0.535. The number of nitrogens with zero attached hydrogens (tertiary/aromatic N) is 4. The van der Waals surface area contributed by atoms with Crippen LogP contribution in [0.15, 0.2) is 64.0 Å². The first kappa shape index (κ1) is 14.8. The molecule has 6 heteroatoms. The SMILES string of the molecule is Cc1nc2ccccc2nc1SCc1nnc(-c2ccccc2)o1. The lowest BCUT2D eigenvalue weighted by Gasteiger charge is -2.04. The Labute approximate surface area is 143 Å². The van der Waals surface area contributed by atoms with Crippen LogP contribution in [0.5, 0.6) is 0 Å². The summed E-state index contributed by atoms with van der Waals surface area (Å²) in [6, 6.07) is 17.6. The molecule has 0 aliphatic rings. The van der Waals surface area contributed by atoms with E-state index in [1.807, 2.05) is 61.5 Å². The third-order valence-electron chi connectivity index (χ3n) is 3.52. The van der Waals surface area contributed by atoms with Crippen molar-refractivity contribution in [1.82, 2.24) is 20.2 Å². The van der Waals surface area contributed by atoms with Crippen molar-refractivity contribution in [1.29, 1.82) is 0 Å². The number of aryl methyl sites for hydroxylation is 1. The van der Waals surface area contributed by atoms with Crippen molar-refractivity contribution in [2.45, 2.75) is 17.7 Å². The maximum atomic E-state index is 5.73. The van der Waals surface area contributed by atoms with Crippen LogP contribution in [0.25, 0.3) is 22.5 Å². The predicted molar refractivity (Wildman–Crippen MR) is 93.6 cm³/mol. The number of thioether (sulfide) groups is 1. The summed E-state index contributed by atoms with van der Waals surface area (Å²) in [5.74, 6) is 1.67. The highest BCUT2D eigenvalue weighted by molar-refractivity contribution is 7.98. The number of hydrogen-bond acceptors (Lipinski definition) is 6.